The predicted molar refractivity (Wildman–Crippen MR) is 53.1 cm³/mol. The quantitative estimate of drug-likeness (QED) is 0.621. The summed E-state index contributed by atoms with van der Waals surface area (Å²) < 4.78 is 13.1. The Bertz CT molecular complexity index is 341. The number of benzene rings is 1. The largest absolute Gasteiger partial charge is 0.399 e. The number of nitrogens with two attached hydrogens (primary N) is 2. The highest BCUT2D eigenvalue weighted by Crippen LogP contribution is 2.16. The summed E-state index contributed by atoms with van der Waals surface area (Å²) in [6, 6.07) is 4.31. The number of rotatable bonds is 4. The smallest absolute Gasteiger partial charge is 0.219 e. The molecule has 1 amide bonds. The minimum atomic E-state index is -0.436. The third kappa shape index (κ3) is 2.93. The van der Waals surface area contributed by atoms with Crippen molar-refractivity contribution in [3.63, 3.8) is 0 Å². The van der Waals surface area contributed by atoms with Crippen LogP contribution < -0.4 is 16.8 Å². The third-order valence-electron chi connectivity index (χ3n) is 1.68. The molecule has 0 aliphatic carbocycles. The van der Waals surface area contributed by atoms with Gasteiger partial charge in [0.25, 0.3) is 0 Å². The Morgan fingerprint density at radius 1 is 1.50 bits per heavy atom. The van der Waals surface area contributed by atoms with Crippen molar-refractivity contribution in [1.82, 2.24) is 0 Å². The fraction of sp³-hybridized carbons (Fsp3) is 0.222. The van der Waals surface area contributed by atoms with E-state index in [9.17, 15) is 9.18 Å². The van der Waals surface area contributed by atoms with E-state index in [2.05, 4.69) is 5.32 Å². The molecule has 4 nitrogen and oxygen atoms in total. The Labute approximate surface area is 81.1 Å². The summed E-state index contributed by atoms with van der Waals surface area (Å²) in [5.74, 6) is -0.858. The van der Waals surface area contributed by atoms with Crippen molar-refractivity contribution >= 4 is 17.3 Å². The van der Waals surface area contributed by atoms with E-state index >= 15 is 0 Å². The van der Waals surface area contributed by atoms with Gasteiger partial charge in [-0.15, -0.1) is 0 Å². The average Bonchev–Trinajstić information content (AvgIpc) is 2.08. The van der Waals surface area contributed by atoms with Crippen molar-refractivity contribution < 1.29 is 9.18 Å². The van der Waals surface area contributed by atoms with Crippen LogP contribution in [0.4, 0.5) is 15.8 Å². The number of nitrogens with one attached hydrogen (secondary N) is 1. The summed E-state index contributed by atoms with van der Waals surface area (Å²) in [5.41, 5.74) is 11.0. The molecule has 0 saturated heterocycles. The van der Waals surface area contributed by atoms with Crippen molar-refractivity contribution in [2.75, 3.05) is 17.6 Å². The molecule has 1 aromatic rings. The highest BCUT2D eigenvalue weighted by molar-refractivity contribution is 5.74. The van der Waals surface area contributed by atoms with E-state index in [4.69, 9.17) is 11.5 Å². The van der Waals surface area contributed by atoms with Crippen molar-refractivity contribution in [2.45, 2.75) is 6.42 Å². The minimum absolute atomic E-state index is 0.170. The lowest BCUT2D eigenvalue weighted by atomic mass is 10.2. The zero-order valence-electron chi connectivity index (χ0n) is 7.59. The number of halogens is 1. The zero-order chi connectivity index (χ0) is 10.6. The minimum Gasteiger partial charge on any atom is -0.399 e. The van der Waals surface area contributed by atoms with E-state index in [-0.39, 0.29) is 6.42 Å². The second kappa shape index (κ2) is 4.45. The molecule has 0 radical (unpaired) electrons. The SMILES string of the molecule is NC(=O)CCNc1ccc(N)cc1F. The molecule has 0 aliphatic heterocycles. The highest BCUT2D eigenvalue weighted by atomic mass is 19.1. The standard InChI is InChI=1S/C9H12FN3O/c10-7-5-6(11)1-2-8(7)13-4-3-9(12)14/h1-2,5,13H,3-4,11H2,(H2,12,14). The van der Waals surface area contributed by atoms with E-state index in [1.807, 2.05) is 0 Å². The normalized spacial score (nSPS) is 9.79. The molecular formula is C9H12FN3O. The third-order valence-corrected chi connectivity index (χ3v) is 1.68. The topological polar surface area (TPSA) is 81.1 Å². The van der Waals surface area contributed by atoms with Gasteiger partial charge in [-0.3, -0.25) is 4.79 Å². The van der Waals surface area contributed by atoms with Gasteiger partial charge in [0.1, 0.15) is 5.82 Å². The number of hydrogen-bond donors (Lipinski definition) is 3. The van der Waals surface area contributed by atoms with Gasteiger partial charge in [-0.25, -0.2) is 4.39 Å². The molecule has 5 N–H and O–H groups in total. The summed E-state index contributed by atoms with van der Waals surface area (Å²) in [6.07, 6.45) is 0.170. The van der Waals surface area contributed by atoms with Gasteiger partial charge in [0, 0.05) is 18.7 Å². The summed E-state index contributed by atoms with van der Waals surface area (Å²) in [4.78, 5) is 10.4. The number of amides is 1. The van der Waals surface area contributed by atoms with Crippen LogP contribution in [-0.2, 0) is 4.79 Å². The Balaban J connectivity index is 2.55. The lowest BCUT2D eigenvalue weighted by Crippen LogP contribution is -2.16. The molecule has 0 saturated carbocycles. The van der Waals surface area contributed by atoms with Crippen LogP contribution in [0.5, 0.6) is 0 Å². The van der Waals surface area contributed by atoms with Crippen molar-refractivity contribution in [1.29, 1.82) is 0 Å². The Morgan fingerprint density at radius 2 is 2.21 bits per heavy atom. The first-order valence-corrected chi connectivity index (χ1v) is 4.17. The summed E-state index contributed by atoms with van der Waals surface area (Å²) in [7, 11) is 0. The molecule has 5 heteroatoms. The molecule has 0 bridgehead atoms. The Kier molecular flexibility index (Phi) is 3.28. The number of anilines is 2. The summed E-state index contributed by atoms with van der Waals surface area (Å²) in [5, 5.41) is 2.74. The van der Waals surface area contributed by atoms with Crippen LogP contribution in [0.25, 0.3) is 0 Å². The number of hydrogen-bond acceptors (Lipinski definition) is 3. The predicted octanol–water partition coefficient (Wildman–Crippen LogP) is 0.695. The second-order valence-corrected chi connectivity index (χ2v) is 2.88. The number of primary amides is 1. The van der Waals surface area contributed by atoms with Gasteiger partial charge < -0.3 is 16.8 Å². The number of carbonyl (C=O) groups is 1. The molecule has 0 aromatic heterocycles. The van der Waals surface area contributed by atoms with Crippen LogP contribution in [0.3, 0.4) is 0 Å². The number of nitrogen functional groups attached to an aromatic ring is 1. The maximum atomic E-state index is 13.1. The van der Waals surface area contributed by atoms with Crippen LogP contribution in [0.1, 0.15) is 6.42 Å². The zero-order valence-corrected chi connectivity index (χ0v) is 7.59. The Hall–Kier alpha value is -1.78. The first kappa shape index (κ1) is 10.3. The van der Waals surface area contributed by atoms with Gasteiger partial charge in [0.15, 0.2) is 0 Å². The van der Waals surface area contributed by atoms with Crippen molar-refractivity contribution in [2.24, 2.45) is 5.73 Å². The van der Waals surface area contributed by atoms with Crippen molar-refractivity contribution in [3.05, 3.63) is 24.0 Å². The molecule has 0 atom stereocenters. The van der Waals surface area contributed by atoms with E-state index in [1.54, 1.807) is 6.07 Å². The number of carbonyl (C=O) groups excluding carboxylic acids is 1. The van der Waals surface area contributed by atoms with E-state index < -0.39 is 11.7 Å². The fourth-order valence-electron chi connectivity index (χ4n) is 0.995. The first-order valence-electron chi connectivity index (χ1n) is 4.17. The van der Waals surface area contributed by atoms with Gasteiger partial charge in [-0.2, -0.15) is 0 Å². The summed E-state index contributed by atoms with van der Waals surface area (Å²) in [6.45, 7) is 0.316. The molecule has 0 fully saturated rings. The van der Waals surface area contributed by atoms with Gasteiger partial charge >= 0.3 is 0 Å². The van der Waals surface area contributed by atoms with E-state index in [0.717, 1.165) is 0 Å². The molecule has 0 unspecified atom stereocenters. The average molecular weight is 197 g/mol. The van der Waals surface area contributed by atoms with Crippen molar-refractivity contribution in [3.8, 4) is 0 Å². The molecule has 76 valence electrons. The molecule has 0 spiro atoms. The molecule has 0 heterocycles. The van der Waals surface area contributed by atoms with E-state index in [0.29, 0.717) is 17.9 Å². The van der Waals surface area contributed by atoms with Gasteiger partial charge in [-0.05, 0) is 18.2 Å². The highest BCUT2D eigenvalue weighted by Gasteiger charge is 2.01. The lowest BCUT2D eigenvalue weighted by Gasteiger charge is -2.06. The van der Waals surface area contributed by atoms with Gasteiger partial charge in [-0.1, -0.05) is 0 Å². The Morgan fingerprint density at radius 3 is 2.79 bits per heavy atom. The molecule has 1 aromatic carbocycles. The second-order valence-electron chi connectivity index (χ2n) is 2.88. The summed E-state index contributed by atoms with van der Waals surface area (Å²) >= 11 is 0. The maximum Gasteiger partial charge on any atom is 0.219 e. The van der Waals surface area contributed by atoms with Crippen LogP contribution in [-0.4, -0.2) is 12.5 Å². The molecule has 14 heavy (non-hydrogen) atoms. The lowest BCUT2D eigenvalue weighted by molar-refractivity contribution is -0.117. The maximum absolute atomic E-state index is 13.1. The van der Waals surface area contributed by atoms with E-state index in [1.165, 1.54) is 12.1 Å². The first-order chi connectivity index (χ1) is 6.59. The fourth-order valence-corrected chi connectivity index (χ4v) is 0.995. The van der Waals surface area contributed by atoms with Crippen LogP contribution in [0.15, 0.2) is 18.2 Å². The van der Waals surface area contributed by atoms with Crippen LogP contribution in [0, 0.1) is 5.82 Å². The molecule has 1 rings (SSSR count). The van der Waals surface area contributed by atoms with Gasteiger partial charge in [0.2, 0.25) is 5.91 Å². The molecular weight excluding hydrogens is 185 g/mol. The van der Waals surface area contributed by atoms with Crippen LogP contribution in [0.2, 0.25) is 0 Å². The van der Waals surface area contributed by atoms with Gasteiger partial charge in [0.05, 0.1) is 5.69 Å². The van der Waals surface area contributed by atoms with Crippen LogP contribution >= 0.6 is 0 Å². The molecule has 0 aliphatic rings. The monoisotopic (exact) mass is 197 g/mol.